The van der Waals surface area contributed by atoms with Gasteiger partial charge in [0.1, 0.15) is 10.7 Å². The number of hydrogen-bond acceptors (Lipinski definition) is 4. The highest BCUT2D eigenvalue weighted by Crippen LogP contribution is 2.24. The highest BCUT2D eigenvalue weighted by Gasteiger charge is 2.25. The molecule has 1 fully saturated rings. The number of pyridine rings is 1. The van der Waals surface area contributed by atoms with E-state index in [1.165, 1.54) is 30.1 Å². The number of nitrogens with zero attached hydrogens (tertiary/aromatic N) is 2. The number of aromatic nitrogens is 1. The van der Waals surface area contributed by atoms with Gasteiger partial charge in [-0.1, -0.05) is 25.0 Å². The summed E-state index contributed by atoms with van der Waals surface area (Å²) in [6, 6.07) is 9.69. The first-order valence-electron chi connectivity index (χ1n) is 8.39. The van der Waals surface area contributed by atoms with Crippen LogP contribution in [0.25, 0.3) is 0 Å². The van der Waals surface area contributed by atoms with Crippen LogP contribution in [0.2, 0.25) is 0 Å². The van der Waals surface area contributed by atoms with E-state index in [9.17, 15) is 12.8 Å². The molecular weight excluding hydrogens is 359 g/mol. The molecule has 134 valence electrons. The Morgan fingerprint density at radius 1 is 1.00 bits per heavy atom. The molecule has 0 amide bonds. The maximum absolute atomic E-state index is 12.9. The molecule has 1 aliphatic rings. The standard InChI is InChI=1S/C18H21FN2O2S2/c19-16-7-5-15(6-8-16)14-24-18-10-9-17(13-20-18)25(22,23)21-11-3-1-2-4-12-21/h5-10,13H,1-4,11-12,14H2. The summed E-state index contributed by atoms with van der Waals surface area (Å²) in [5.74, 6) is 0.404. The predicted octanol–water partition coefficient (Wildman–Crippen LogP) is 4.08. The fraction of sp³-hybridized carbons (Fsp3) is 0.389. The molecule has 1 saturated heterocycles. The third kappa shape index (κ3) is 4.80. The molecule has 0 radical (unpaired) electrons. The Hall–Kier alpha value is -1.44. The zero-order valence-electron chi connectivity index (χ0n) is 13.9. The van der Waals surface area contributed by atoms with E-state index in [-0.39, 0.29) is 10.7 Å². The lowest BCUT2D eigenvalue weighted by molar-refractivity contribution is 0.423. The molecule has 0 atom stereocenters. The number of hydrogen-bond donors (Lipinski definition) is 0. The van der Waals surface area contributed by atoms with Crippen molar-refractivity contribution in [2.45, 2.75) is 41.4 Å². The van der Waals surface area contributed by atoms with E-state index >= 15 is 0 Å². The summed E-state index contributed by atoms with van der Waals surface area (Å²) in [6.07, 6.45) is 5.44. The quantitative estimate of drug-likeness (QED) is 0.734. The van der Waals surface area contributed by atoms with Gasteiger partial charge in [-0.3, -0.25) is 0 Å². The van der Waals surface area contributed by atoms with Crippen LogP contribution in [0.4, 0.5) is 4.39 Å². The summed E-state index contributed by atoms with van der Waals surface area (Å²) < 4.78 is 39.9. The normalized spacial score (nSPS) is 16.5. The SMILES string of the molecule is O=S(=O)(c1ccc(SCc2ccc(F)cc2)nc1)N1CCCCCC1. The highest BCUT2D eigenvalue weighted by molar-refractivity contribution is 7.98. The van der Waals surface area contributed by atoms with E-state index in [1.807, 2.05) is 0 Å². The predicted molar refractivity (Wildman–Crippen MR) is 97.4 cm³/mol. The molecular formula is C18H21FN2O2S2. The number of benzene rings is 1. The molecule has 2 aromatic rings. The van der Waals surface area contributed by atoms with Crippen LogP contribution in [-0.2, 0) is 15.8 Å². The highest BCUT2D eigenvalue weighted by atomic mass is 32.2. The van der Waals surface area contributed by atoms with Gasteiger partial charge in [-0.15, -0.1) is 11.8 Å². The minimum Gasteiger partial charge on any atom is -0.249 e. The zero-order valence-corrected chi connectivity index (χ0v) is 15.5. The fourth-order valence-corrected chi connectivity index (χ4v) is 5.04. The summed E-state index contributed by atoms with van der Waals surface area (Å²) >= 11 is 1.50. The molecule has 0 unspecified atom stereocenters. The maximum atomic E-state index is 12.9. The van der Waals surface area contributed by atoms with Crippen LogP contribution < -0.4 is 0 Å². The average molecular weight is 381 g/mol. The van der Waals surface area contributed by atoms with Gasteiger partial charge in [0.25, 0.3) is 0 Å². The average Bonchev–Trinajstić information content (AvgIpc) is 2.92. The lowest BCUT2D eigenvalue weighted by Gasteiger charge is -2.19. The van der Waals surface area contributed by atoms with Crippen LogP contribution in [0.3, 0.4) is 0 Å². The monoisotopic (exact) mass is 380 g/mol. The second kappa shape index (κ2) is 8.29. The molecule has 0 saturated carbocycles. The lowest BCUT2D eigenvalue weighted by Crippen LogP contribution is -2.32. The van der Waals surface area contributed by atoms with Gasteiger partial charge in [-0.05, 0) is 42.7 Å². The molecule has 1 aromatic heterocycles. The van der Waals surface area contributed by atoms with Gasteiger partial charge in [0.05, 0.1) is 5.03 Å². The Labute approximate surface area is 152 Å². The van der Waals surface area contributed by atoms with Crippen molar-refractivity contribution in [1.82, 2.24) is 9.29 Å². The second-order valence-electron chi connectivity index (χ2n) is 6.07. The van der Waals surface area contributed by atoms with Crippen LogP contribution >= 0.6 is 11.8 Å². The van der Waals surface area contributed by atoms with Crippen molar-refractivity contribution in [1.29, 1.82) is 0 Å². The molecule has 4 nitrogen and oxygen atoms in total. The molecule has 1 aromatic carbocycles. The van der Waals surface area contributed by atoms with Crippen molar-refractivity contribution in [3.05, 3.63) is 54.0 Å². The van der Waals surface area contributed by atoms with Gasteiger partial charge in [0.2, 0.25) is 10.0 Å². The third-order valence-electron chi connectivity index (χ3n) is 4.21. The van der Waals surface area contributed by atoms with E-state index in [0.717, 1.165) is 36.3 Å². The Morgan fingerprint density at radius 2 is 1.68 bits per heavy atom. The summed E-state index contributed by atoms with van der Waals surface area (Å²) in [5, 5.41) is 0.749. The minimum atomic E-state index is -3.45. The number of sulfonamides is 1. The first kappa shape index (κ1) is 18.4. The van der Waals surface area contributed by atoms with Crippen molar-refractivity contribution in [2.24, 2.45) is 0 Å². The summed E-state index contributed by atoms with van der Waals surface area (Å²) in [7, 11) is -3.45. The van der Waals surface area contributed by atoms with E-state index < -0.39 is 10.0 Å². The number of rotatable bonds is 5. The van der Waals surface area contributed by atoms with Crippen molar-refractivity contribution in [2.75, 3.05) is 13.1 Å². The Balaban J connectivity index is 1.65. The van der Waals surface area contributed by atoms with Gasteiger partial charge in [0, 0.05) is 25.0 Å². The minimum absolute atomic E-state index is 0.250. The molecule has 25 heavy (non-hydrogen) atoms. The van der Waals surface area contributed by atoms with Gasteiger partial charge in [0.15, 0.2) is 0 Å². The van der Waals surface area contributed by atoms with Crippen LogP contribution in [0.1, 0.15) is 31.2 Å². The summed E-state index contributed by atoms with van der Waals surface area (Å²) in [4.78, 5) is 4.53. The van der Waals surface area contributed by atoms with Crippen molar-refractivity contribution < 1.29 is 12.8 Å². The first-order chi connectivity index (χ1) is 12.1. The number of thioether (sulfide) groups is 1. The van der Waals surface area contributed by atoms with E-state index in [4.69, 9.17) is 0 Å². The molecule has 0 N–H and O–H groups in total. The largest absolute Gasteiger partial charge is 0.249 e. The van der Waals surface area contributed by atoms with Crippen LogP contribution in [0, 0.1) is 5.82 Å². The maximum Gasteiger partial charge on any atom is 0.244 e. The fourth-order valence-electron chi connectivity index (χ4n) is 2.77. The molecule has 3 rings (SSSR count). The smallest absolute Gasteiger partial charge is 0.244 e. The van der Waals surface area contributed by atoms with Gasteiger partial charge < -0.3 is 0 Å². The molecule has 1 aliphatic heterocycles. The van der Waals surface area contributed by atoms with Crippen molar-refractivity contribution in [3.8, 4) is 0 Å². The van der Waals surface area contributed by atoms with Gasteiger partial charge in [-0.25, -0.2) is 17.8 Å². The number of halogens is 1. The third-order valence-corrected chi connectivity index (χ3v) is 7.11. The Bertz CT molecular complexity index is 785. The summed E-state index contributed by atoms with van der Waals surface area (Å²) in [6.45, 7) is 1.17. The van der Waals surface area contributed by atoms with E-state index in [2.05, 4.69) is 4.98 Å². The second-order valence-corrected chi connectivity index (χ2v) is 9.00. The van der Waals surface area contributed by atoms with E-state index in [1.54, 1.807) is 28.6 Å². The van der Waals surface area contributed by atoms with E-state index in [0.29, 0.717) is 18.8 Å². The van der Waals surface area contributed by atoms with Gasteiger partial charge >= 0.3 is 0 Å². The van der Waals surface area contributed by atoms with Crippen molar-refractivity contribution in [3.63, 3.8) is 0 Å². The van der Waals surface area contributed by atoms with Gasteiger partial charge in [-0.2, -0.15) is 4.31 Å². The van der Waals surface area contributed by atoms with Crippen LogP contribution in [0.15, 0.2) is 52.5 Å². The molecule has 2 heterocycles. The van der Waals surface area contributed by atoms with Crippen molar-refractivity contribution >= 4 is 21.8 Å². The lowest BCUT2D eigenvalue weighted by atomic mass is 10.2. The first-order valence-corrected chi connectivity index (χ1v) is 10.8. The molecule has 7 heteroatoms. The zero-order chi connectivity index (χ0) is 17.7. The molecule has 0 spiro atoms. The van der Waals surface area contributed by atoms with Crippen LogP contribution in [-0.4, -0.2) is 30.8 Å². The topological polar surface area (TPSA) is 50.3 Å². The summed E-state index contributed by atoms with van der Waals surface area (Å²) in [5.41, 5.74) is 0.995. The molecule has 0 bridgehead atoms. The van der Waals surface area contributed by atoms with Crippen LogP contribution in [0.5, 0.6) is 0 Å². The Morgan fingerprint density at radius 3 is 2.28 bits per heavy atom. The molecule has 0 aliphatic carbocycles. The Kier molecular flexibility index (Phi) is 6.09.